The Hall–Kier alpha value is -4.39. The number of hydrogen-bond acceptors (Lipinski definition) is 5. The minimum atomic E-state index is -4.55. The number of imidazole rings is 1. The maximum absolute atomic E-state index is 13.0. The van der Waals surface area contributed by atoms with Gasteiger partial charge in [-0.2, -0.15) is 18.4 Å². The summed E-state index contributed by atoms with van der Waals surface area (Å²) in [4.78, 5) is 23.1. The van der Waals surface area contributed by atoms with E-state index in [2.05, 4.69) is 26.3 Å². The van der Waals surface area contributed by atoms with Gasteiger partial charge in [-0.05, 0) is 54.8 Å². The fourth-order valence-electron chi connectivity index (χ4n) is 4.58. The van der Waals surface area contributed by atoms with Gasteiger partial charge in [-0.25, -0.2) is 4.98 Å². The highest BCUT2D eigenvalue weighted by Crippen LogP contribution is 2.34. The number of alkyl halides is 3. The number of carbonyl (C=O) groups is 1. The number of nitrogens with zero attached hydrogens (tertiary/aromatic N) is 5. The molecular weight excluding hydrogens is 469 g/mol. The Morgan fingerprint density at radius 1 is 1.17 bits per heavy atom. The SMILES string of the molecule is Cc1ccc(C(=O)Nc2cncc(C(F)(F)F)c2)cc1[C@@H]1CCN(c2cnc3ccc(C#N)cn23)C1. The second kappa shape index (κ2) is 9.00. The number of aromatic nitrogens is 3. The molecule has 1 amide bonds. The van der Waals surface area contributed by atoms with Crippen LogP contribution in [0.1, 0.15) is 45.0 Å². The van der Waals surface area contributed by atoms with E-state index in [1.165, 1.54) is 6.20 Å². The molecule has 1 atom stereocenters. The molecule has 3 aromatic heterocycles. The van der Waals surface area contributed by atoms with Gasteiger partial charge in [0.05, 0.1) is 29.2 Å². The van der Waals surface area contributed by atoms with Gasteiger partial charge in [0, 0.05) is 37.0 Å². The van der Waals surface area contributed by atoms with Gasteiger partial charge in [-0.1, -0.05) is 6.07 Å². The fourth-order valence-corrected chi connectivity index (χ4v) is 4.58. The first-order chi connectivity index (χ1) is 17.2. The zero-order valence-electron chi connectivity index (χ0n) is 19.3. The molecule has 1 fully saturated rings. The van der Waals surface area contributed by atoms with Crippen LogP contribution in [0.4, 0.5) is 24.7 Å². The van der Waals surface area contributed by atoms with Gasteiger partial charge in [0.25, 0.3) is 5.91 Å². The lowest BCUT2D eigenvalue weighted by molar-refractivity contribution is -0.137. The van der Waals surface area contributed by atoms with E-state index >= 15 is 0 Å². The van der Waals surface area contributed by atoms with Crippen LogP contribution in [-0.2, 0) is 6.18 Å². The third-order valence-corrected chi connectivity index (χ3v) is 6.43. The smallest absolute Gasteiger partial charge is 0.356 e. The molecule has 0 aliphatic carbocycles. The van der Waals surface area contributed by atoms with E-state index in [1.807, 2.05) is 29.5 Å². The number of amides is 1. The molecular formula is C26H21F3N6O. The van der Waals surface area contributed by atoms with E-state index in [0.717, 1.165) is 47.8 Å². The molecule has 10 heteroatoms. The molecule has 1 aliphatic heterocycles. The highest BCUT2D eigenvalue weighted by Gasteiger charge is 2.31. The highest BCUT2D eigenvalue weighted by atomic mass is 19.4. The van der Waals surface area contributed by atoms with E-state index in [0.29, 0.717) is 17.7 Å². The summed E-state index contributed by atoms with van der Waals surface area (Å²) >= 11 is 0. The Kier molecular flexibility index (Phi) is 5.84. The summed E-state index contributed by atoms with van der Waals surface area (Å²) in [5, 5.41) is 11.8. The van der Waals surface area contributed by atoms with Gasteiger partial charge in [-0.3, -0.25) is 14.2 Å². The fraction of sp³-hybridized carbons (Fsp3) is 0.231. The highest BCUT2D eigenvalue weighted by molar-refractivity contribution is 6.04. The summed E-state index contributed by atoms with van der Waals surface area (Å²) in [6.07, 6.45) is 1.77. The second-order valence-corrected chi connectivity index (χ2v) is 8.79. The van der Waals surface area contributed by atoms with Crippen molar-refractivity contribution in [3.05, 3.63) is 89.0 Å². The van der Waals surface area contributed by atoms with E-state index in [4.69, 9.17) is 0 Å². The van der Waals surface area contributed by atoms with Gasteiger partial charge in [0.1, 0.15) is 17.5 Å². The molecule has 0 bridgehead atoms. The van der Waals surface area contributed by atoms with Crippen LogP contribution in [0.5, 0.6) is 0 Å². The maximum atomic E-state index is 13.0. The largest absolute Gasteiger partial charge is 0.417 e. The molecule has 182 valence electrons. The van der Waals surface area contributed by atoms with Crippen molar-refractivity contribution in [2.24, 2.45) is 0 Å². The molecule has 0 saturated carbocycles. The lowest BCUT2D eigenvalue weighted by atomic mass is 9.92. The van der Waals surface area contributed by atoms with Crippen LogP contribution in [0.15, 0.2) is 61.2 Å². The standard InChI is InChI=1S/C26H21F3N6O/c1-16-2-4-18(25(36)33-21-9-20(11-31-12-21)26(27,28)29)8-22(16)19-6-7-34(15-19)24-13-32-23-5-3-17(10-30)14-35(23)24/h2-5,8-9,11-14,19H,6-7,15H2,1H3,(H,33,36)/t19-/m1/s1. The number of carbonyl (C=O) groups excluding carboxylic acids is 1. The summed E-state index contributed by atoms with van der Waals surface area (Å²) in [5.74, 6) is 0.545. The van der Waals surface area contributed by atoms with Crippen molar-refractivity contribution in [3.63, 3.8) is 0 Å². The minimum Gasteiger partial charge on any atom is -0.356 e. The first kappa shape index (κ1) is 23.4. The third kappa shape index (κ3) is 4.47. The maximum Gasteiger partial charge on any atom is 0.417 e. The van der Waals surface area contributed by atoms with Crippen LogP contribution in [0.2, 0.25) is 0 Å². The average molecular weight is 490 g/mol. The molecule has 1 N–H and O–H groups in total. The van der Waals surface area contributed by atoms with Crippen LogP contribution in [0, 0.1) is 18.3 Å². The number of benzene rings is 1. The van der Waals surface area contributed by atoms with Crippen molar-refractivity contribution in [1.29, 1.82) is 5.26 Å². The van der Waals surface area contributed by atoms with Crippen molar-refractivity contribution in [1.82, 2.24) is 14.4 Å². The van der Waals surface area contributed by atoms with Crippen molar-refractivity contribution in [3.8, 4) is 6.07 Å². The molecule has 5 rings (SSSR count). The summed E-state index contributed by atoms with van der Waals surface area (Å²) in [6, 6.07) is 11.9. The van der Waals surface area contributed by atoms with Crippen LogP contribution >= 0.6 is 0 Å². The molecule has 0 spiro atoms. The zero-order chi connectivity index (χ0) is 25.4. The first-order valence-electron chi connectivity index (χ1n) is 11.3. The van der Waals surface area contributed by atoms with Crippen molar-refractivity contribution in [2.45, 2.75) is 25.4 Å². The van der Waals surface area contributed by atoms with Gasteiger partial charge in [0.2, 0.25) is 0 Å². The molecule has 4 aromatic rings. The summed E-state index contributed by atoms with van der Waals surface area (Å²) in [5.41, 5.74) is 2.76. The molecule has 1 aliphatic rings. The number of halogens is 3. The first-order valence-corrected chi connectivity index (χ1v) is 11.3. The van der Waals surface area contributed by atoms with Gasteiger partial charge < -0.3 is 10.2 Å². The third-order valence-electron chi connectivity index (χ3n) is 6.43. The number of hydrogen-bond donors (Lipinski definition) is 1. The van der Waals surface area contributed by atoms with E-state index in [1.54, 1.807) is 24.5 Å². The van der Waals surface area contributed by atoms with Gasteiger partial charge >= 0.3 is 6.18 Å². The molecule has 1 aromatic carbocycles. The Bertz CT molecular complexity index is 1500. The Balaban J connectivity index is 1.35. The number of anilines is 2. The molecule has 1 saturated heterocycles. The van der Waals surface area contributed by atoms with Gasteiger partial charge in [-0.15, -0.1) is 0 Å². The summed E-state index contributed by atoms with van der Waals surface area (Å²) in [6.45, 7) is 3.46. The topological polar surface area (TPSA) is 86.3 Å². The Morgan fingerprint density at radius 2 is 2.00 bits per heavy atom. The second-order valence-electron chi connectivity index (χ2n) is 8.79. The summed E-state index contributed by atoms with van der Waals surface area (Å²) < 4.78 is 40.8. The average Bonchev–Trinajstić information content (AvgIpc) is 3.50. The van der Waals surface area contributed by atoms with Crippen LogP contribution in [0.25, 0.3) is 5.65 Å². The lowest BCUT2D eigenvalue weighted by Gasteiger charge is -2.19. The van der Waals surface area contributed by atoms with Crippen LogP contribution < -0.4 is 10.2 Å². The molecule has 4 heterocycles. The van der Waals surface area contributed by atoms with Crippen LogP contribution in [-0.4, -0.2) is 33.4 Å². The number of rotatable bonds is 4. The molecule has 7 nitrogen and oxygen atoms in total. The van der Waals surface area contributed by atoms with Gasteiger partial charge in [0.15, 0.2) is 0 Å². The van der Waals surface area contributed by atoms with E-state index in [-0.39, 0.29) is 11.6 Å². The zero-order valence-corrected chi connectivity index (χ0v) is 19.3. The molecule has 0 radical (unpaired) electrons. The van der Waals surface area contributed by atoms with Crippen molar-refractivity contribution >= 4 is 23.1 Å². The number of fused-ring (bicyclic) bond motifs is 1. The minimum absolute atomic E-state index is 0.0201. The Morgan fingerprint density at radius 3 is 2.78 bits per heavy atom. The number of nitrogens with one attached hydrogen (secondary N) is 1. The van der Waals surface area contributed by atoms with Crippen molar-refractivity contribution < 1.29 is 18.0 Å². The monoisotopic (exact) mass is 490 g/mol. The molecule has 36 heavy (non-hydrogen) atoms. The van der Waals surface area contributed by atoms with Crippen LogP contribution in [0.3, 0.4) is 0 Å². The van der Waals surface area contributed by atoms with E-state index < -0.39 is 17.6 Å². The quantitative estimate of drug-likeness (QED) is 0.426. The lowest BCUT2D eigenvalue weighted by Crippen LogP contribution is -2.21. The predicted octanol–water partition coefficient (Wildman–Crippen LogP) is 5.17. The number of pyridine rings is 2. The normalized spacial score (nSPS) is 15.8. The predicted molar refractivity (Wildman–Crippen MR) is 128 cm³/mol. The summed E-state index contributed by atoms with van der Waals surface area (Å²) in [7, 11) is 0. The number of aryl methyl sites for hydroxylation is 1. The number of nitriles is 1. The molecule has 0 unspecified atom stereocenters. The van der Waals surface area contributed by atoms with Crippen molar-refractivity contribution in [2.75, 3.05) is 23.3 Å². The Labute approximate surface area is 204 Å². The van der Waals surface area contributed by atoms with E-state index in [9.17, 15) is 23.2 Å².